The van der Waals surface area contributed by atoms with E-state index in [0.29, 0.717) is 49.8 Å². The van der Waals surface area contributed by atoms with Crippen LogP contribution in [0.3, 0.4) is 0 Å². The summed E-state index contributed by atoms with van der Waals surface area (Å²) in [7, 11) is 3.07. The van der Waals surface area contributed by atoms with Gasteiger partial charge in [0.2, 0.25) is 0 Å². The molecule has 0 N–H and O–H groups in total. The Hall–Kier alpha value is -3.75. The van der Waals surface area contributed by atoms with Gasteiger partial charge in [-0.1, -0.05) is 12.1 Å². The average molecular weight is 441 g/mol. The van der Waals surface area contributed by atoms with Gasteiger partial charge in [0, 0.05) is 38.4 Å². The van der Waals surface area contributed by atoms with Crippen LogP contribution in [-0.2, 0) is 9.53 Å². The molecule has 32 heavy (non-hydrogen) atoms. The van der Waals surface area contributed by atoms with Crippen molar-refractivity contribution in [2.45, 2.75) is 6.92 Å². The van der Waals surface area contributed by atoms with Crippen molar-refractivity contribution in [1.29, 1.82) is 0 Å². The van der Waals surface area contributed by atoms with Crippen molar-refractivity contribution in [2.75, 3.05) is 47.0 Å². The Morgan fingerprint density at radius 3 is 2.28 bits per heavy atom. The molecule has 0 spiro atoms. The Balaban J connectivity index is 1.92. The van der Waals surface area contributed by atoms with E-state index in [2.05, 4.69) is 0 Å². The lowest BCUT2D eigenvalue weighted by molar-refractivity contribution is -0.126. The number of methoxy groups -OCH3 is 2. The molecule has 9 heteroatoms. The van der Waals surface area contributed by atoms with Crippen LogP contribution in [0, 0.1) is 0 Å². The Morgan fingerprint density at radius 1 is 0.969 bits per heavy atom. The van der Waals surface area contributed by atoms with Crippen molar-refractivity contribution >= 4 is 23.8 Å². The number of pyridine rings is 1. The number of rotatable bonds is 6. The molecular formula is C23H27N3O6. The van der Waals surface area contributed by atoms with Crippen molar-refractivity contribution in [3.05, 3.63) is 58.5 Å². The number of hydrogen-bond acceptors (Lipinski definition) is 6. The number of ether oxygens (including phenoxy) is 3. The second kappa shape index (κ2) is 10.5. The van der Waals surface area contributed by atoms with Gasteiger partial charge < -0.3 is 24.0 Å². The molecule has 1 aliphatic heterocycles. The maximum Gasteiger partial charge on any atom is 0.409 e. The van der Waals surface area contributed by atoms with Gasteiger partial charge in [-0.2, -0.15) is 0 Å². The van der Waals surface area contributed by atoms with Gasteiger partial charge in [-0.05, 0) is 36.8 Å². The summed E-state index contributed by atoms with van der Waals surface area (Å²) in [4.78, 5) is 41.1. The summed E-state index contributed by atoms with van der Waals surface area (Å²) in [6.07, 6.45) is 2.81. The van der Waals surface area contributed by atoms with E-state index in [9.17, 15) is 14.4 Å². The molecule has 1 aromatic heterocycles. The van der Waals surface area contributed by atoms with E-state index >= 15 is 0 Å². The van der Waals surface area contributed by atoms with E-state index in [4.69, 9.17) is 14.2 Å². The second-order valence-corrected chi connectivity index (χ2v) is 7.03. The van der Waals surface area contributed by atoms with Gasteiger partial charge in [0.05, 0.1) is 20.8 Å². The molecule has 0 aliphatic carbocycles. The molecule has 0 bridgehead atoms. The van der Waals surface area contributed by atoms with Crippen molar-refractivity contribution < 1.29 is 23.8 Å². The predicted octanol–water partition coefficient (Wildman–Crippen LogP) is 2.16. The van der Waals surface area contributed by atoms with Crippen LogP contribution in [0.2, 0.25) is 0 Å². The number of aromatic nitrogens is 1. The first kappa shape index (κ1) is 22.9. The fourth-order valence-electron chi connectivity index (χ4n) is 3.43. The van der Waals surface area contributed by atoms with Gasteiger partial charge in [0.15, 0.2) is 11.5 Å². The van der Waals surface area contributed by atoms with Crippen LogP contribution in [0.4, 0.5) is 4.79 Å². The number of carbonyl (C=O) groups is 2. The van der Waals surface area contributed by atoms with E-state index in [1.165, 1.54) is 17.7 Å². The van der Waals surface area contributed by atoms with Crippen molar-refractivity contribution in [3.8, 4) is 11.5 Å². The number of carbonyl (C=O) groups excluding carboxylic acids is 2. The summed E-state index contributed by atoms with van der Waals surface area (Å²) in [6.45, 7) is 3.44. The molecule has 0 saturated carbocycles. The van der Waals surface area contributed by atoms with Crippen molar-refractivity contribution in [1.82, 2.24) is 14.4 Å². The van der Waals surface area contributed by atoms with Crippen LogP contribution in [0.15, 0.2) is 47.4 Å². The van der Waals surface area contributed by atoms with E-state index in [0.717, 1.165) is 0 Å². The summed E-state index contributed by atoms with van der Waals surface area (Å²) in [5.74, 6) is 0.762. The van der Waals surface area contributed by atoms with Crippen LogP contribution >= 0.6 is 0 Å². The molecule has 170 valence electrons. The number of piperazine rings is 1. The molecule has 1 fully saturated rings. The Bertz CT molecular complexity index is 1050. The van der Waals surface area contributed by atoms with E-state index in [1.54, 1.807) is 66.4 Å². The number of hydrogen-bond donors (Lipinski definition) is 0. The first-order chi connectivity index (χ1) is 15.5. The Labute approximate surface area is 186 Å². The largest absolute Gasteiger partial charge is 0.493 e. The number of nitrogens with zero attached hydrogens (tertiary/aromatic N) is 3. The average Bonchev–Trinajstić information content (AvgIpc) is 2.82. The maximum absolute atomic E-state index is 13.4. The van der Waals surface area contributed by atoms with Crippen LogP contribution in [0.1, 0.15) is 12.5 Å². The highest BCUT2D eigenvalue weighted by Crippen LogP contribution is 2.29. The minimum atomic E-state index is -0.389. The van der Waals surface area contributed by atoms with Gasteiger partial charge >= 0.3 is 6.09 Å². The smallest absolute Gasteiger partial charge is 0.409 e. The summed E-state index contributed by atoms with van der Waals surface area (Å²) in [5.41, 5.74) is 0.553. The molecule has 9 nitrogen and oxygen atoms in total. The Kier molecular flexibility index (Phi) is 7.54. The highest BCUT2D eigenvalue weighted by atomic mass is 16.6. The molecule has 2 heterocycles. The van der Waals surface area contributed by atoms with Gasteiger partial charge in [0.25, 0.3) is 11.5 Å². The fraction of sp³-hybridized carbons (Fsp3) is 0.348. The van der Waals surface area contributed by atoms with Crippen molar-refractivity contribution in [2.24, 2.45) is 0 Å². The van der Waals surface area contributed by atoms with Crippen LogP contribution in [0.25, 0.3) is 11.8 Å². The molecule has 0 atom stereocenters. The molecule has 0 unspecified atom stereocenters. The normalized spacial score (nSPS) is 14.2. The third-order valence-corrected chi connectivity index (χ3v) is 5.11. The molecule has 2 amide bonds. The highest BCUT2D eigenvalue weighted by Gasteiger charge is 2.27. The third-order valence-electron chi connectivity index (χ3n) is 5.11. The first-order valence-electron chi connectivity index (χ1n) is 10.3. The predicted molar refractivity (Wildman–Crippen MR) is 120 cm³/mol. The summed E-state index contributed by atoms with van der Waals surface area (Å²) >= 11 is 0. The van der Waals surface area contributed by atoms with Crippen LogP contribution in [0.5, 0.6) is 11.5 Å². The highest BCUT2D eigenvalue weighted by molar-refractivity contribution is 6.18. The van der Waals surface area contributed by atoms with E-state index < -0.39 is 0 Å². The van der Waals surface area contributed by atoms with Crippen LogP contribution < -0.4 is 15.0 Å². The molecule has 1 aromatic carbocycles. The number of amides is 2. The fourth-order valence-corrected chi connectivity index (χ4v) is 3.43. The molecular weight excluding hydrogens is 414 g/mol. The van der Waals surface area contributed by atoms with Crippen LogP contribution in [-0.4, -0.2) is 73.4 Å². The topological polar surface area (TPSA) is 90.3 Å². The molecule has 1 aliphatic rings. The van der Waals surface area contributed by atoms with Gasteiger partial charge in [-0.3, -0.25) is 14.2 Å². The standard InChI is InChI=1S/C23H27N3O6/c1-4-32-23(29)25-13-11-24(12-14-25)22(28)18(26-10-6-5-7-21(26)27)15-17-8-9-19(30-2)20(16-17)31-3/h5-10,15-16H,4,11-14H2,1-3H3. The minimum Gasteiger partial charge on any atom is -0.493 e. The first-order valence-corrected chi connectivity index (χ1v) is 10.3. The number of benzene rings is 1. The lowest BCUT2D eigenvalue weighted by Gasteiger charge is -2.34. The molecule has 3 rings (SSSR count). The second-order valence-electron chi connectivity index (χ2n) is 7.03. The summed E-state index contributed by atoms with van der Waals surface area (Å²) in [6, 6.07) is 9.96. The minimum absolute atomic E-state index is 0.201. The molecule has 0 radical (unpaired) electrons. The molecule has 1 saturated heterocycles. The van der Waals surface area contributed by atoms with Crippen molar-refractivity contribution in [3.63, 3.8) is 0 Å². The SMILES string of the molecule is CCOC(=O)N1CCN(C(=O)C(=Cc2ccc(OC)c(OC)c2)n2ccccc2=O)CC1. The lowest BCUT2D eigenvalue weighted by Crippen LogP contribution is -2.51. The lowest BCUT2D eigenvalue weighted by atomic mass is 10.1. The third kappa shape index (κ3) is 5.11. The van der Waals surface area contributed by atoms with Gasteiger partial charge in [-0.25, -0.2) is 4.79 Å². The molecule has 2 aromatic rings. The Morgan fingerprint density at radius 2 is 1.66 bits per heavy atom. The van der Waals surface area contributed by atoms with Gasteiger partial charge in [0.1, 0.15) is 5.70 Å². The quantitative estimate of drug-likeness (QED) is 0.638. The van der Waals surface area contributed by atoms with E-state index in [1.807, 2.05) is 0 Å². The van der Waals surface area contributed by atoms with E-state index in [-0.39, 0.29) is 23.3 Å². The summed E-state index contributed by atoms with van der Waals surface area (Å²) in [5, 5.41) is 0. The maximum atomic E-state index is 13.4. The van der Waals surface area contributed by atoms with Gasteiger partial charge in [-0.15, -0.1) is 0 Å². The summed E-state index contributed by atoms with van der Waals surface area (Å²) < 4.78 is 17.0. The zero-order valence-corrected chi connectivity index (χ0v) is 18.4. The monoisotopic (exact) mass is 441 g/mol. The zero-order chi connectivity index (χ0) is 23.1. The zero-order valence-electron chi connectivity index (χ0n) is 18.4.